The van der Waals surface area contributed by atoms with Crippen molar-refractivity contribution in [3.63, 3.8) is 0 Å². The molecule has 6 heteroatoms. The Morgan fingerprint density at radius 3 is 2.62 bits per heavy atom. The summed E-state index contributed by atoms with van der Waals surface area (Å²) in [5.74, 6) is 1.81. The molecule has 1 aliphatic heterocycles. The molecular formula is C28H21N3O2S. The average molecular weight is 464 g/mol. The smallest absolute Gasteiger partial charge is 0.264 e. The van der Waals surface area contributed by atoms with E-state index in [2.05, 4.69) is 34.6 Å². The van der Waals surface area contributed by atoms with Gasteiger partial charge in [0.25, 0.3) is 5.91 Å². The van der Waals surface area contributed by atoms with Crippen LogP contribution in [0.1, 0.15) is 23.5 Å². The molecule has 1 aliphatic carbocycles. The highest BCUT2D eigenvalue weighted by atomic mass is 32.2. The number of hydrogen-bond acceptors (Lipinski definition) is 5. The van der Waals surface area contributed by atoms with Crippen LogP contribution in [0, 0.1) is 0 Å². The van der Waals surface area contributed by atoms with Gasteiger partial charge >= 0.3 is 0 Å². The van der Waals surface area contributed by atoms with E-state index in [-0.39, 0.29) is 11.9 Å². The van der Waals surface area contributed by atoms with Crippen LogP contribution >= 0.6 is 11.8 Å². The summed E-state index contributed by atoms with van der Waals surface area (Å²) in [6.45, 7) is 0. The van der Waals surface area contributed by atoms with E-state index >= 15 is 0 Å². The van der Waals surface area contributed by atoms with Crippen LogP contribution in [-0.2, 0) is 4.79 Å². The molecule has 6 rings (SSSR count). The third-order valence-corrected chi connectivity index (χ3v) is 6.84. The molecule has 5 nitrogen and oxygen atoms in total. The molecule has 3 aromatic carbocycles. The molecular weight excluding hydrogens is 442 g/mol. The lowest BCUT2D eigenvalue weighted by Gasteiger charge is -2.09. The van der Waals surface area contributed by atoms with E-state index in [0.717, 1.165) is 34.4 Å². The zero-order chi connectivity index (χ0) is 22.9. The average Bonchev–Trinajstić information content (AvgIpc) is 3.55. The predicted octanol–water partition coefficient (Wildman–Crippen LogP) is 6.14. The van der Waals surface area contributed by atoms with Crippen LogP contribution in [0.5, 0.6) is 11.5 Å². The van der Waals surface area contributed by atoms with Gasteiger partial charge in [-0.05, 0) is 65.7 Å². The summed E-state index contributed by atoms with van der Waals surface area (Å²) in [7, 11) is 0. The van der Waals surface area contributed by atoms with Crippen LogP contribution in [0.2, 0.25) is 0 Å². The first-order chi connectivity index (χ1) is 16.7. The van der Waals surface area contributed by atoms with Crippen LogP contribution in [0.3, 0.4) is 0 Å². The highest BCUT2D eigenvalue weighted by Crippen LogP contribution is 2.44. The Morgan fingerprint density at radius 2 is 1.79 bits per heavy atom. The molecule has 166 valence electrons. The monoisotopic (exact) mass is 463 g/mol. The zero-order valence-electron chi connectivity index (χ0n) is 18.2. The largest absolute Gasteiger partial charge is 0.457 e. The molecule has 0 unspecified atom stereocenters. The number of hydrogen-bond donors (Lipinski definition) is 1. The number of carbonyl (C=O) groups excluding carboxylic acids is 1. The third-order valence-electron chi connectivity index (χ3n) is 5.91. The van der Waals surface area contributed by atoms with Crippen molar-refractivity contribution in [3.05, 3.63) is 107 Å². The second-order valence-electron chi connectivity index (χ2n) is 8.32. The van der Waals surface area contributed by atoms with Gasteiger partial charge < -0.3 is 10.1 Å². The summed E-state index contributed by atoms with van der Waals surface area (Å²) >= 11 is 1.39. The predicted molar refractivity (Wildman–Crippen MR) is 137 cm³/mol. The molecule has 1 amide bonds. The number of amides is 1. The van der Waals surface area contributed by atoms with E-state index in [1.807, 2.05) is 66.7 Å². The molecule has 0 bridgehead atoms. The lowest BCUT2D eigenvalue weighted by Crippen LogP contribution is -2.20. The van der Waals surface area contributed by atoms with E-state index in [1.54, 1.807) is 6.20 Å². The quantitative estimate of drug-likeness (QED) is 0.361. The van der Waals surface area contributed by atoms with E-state index < -0.39 is 0 Å². The van der Waals surface area contributed by atoms with E-state index in [1.165, 1.54) is 17.3 Å². The Hall–Kier alpha value is -3.90. The highest BCUT2D eigenvalue weighted by Gasteiger charge is 2.39. The molecule has 4 aromatic rings. The van der Waals surface area contributed by atoms with Gasteiger partial charge in [-0.25, -0.2) is 0 Å². The van der Waals surface area contributed by atoms with Crippen LogP contribution < -0.4 is 10.1 Å². The molecule has 0 radical (unpaired) electrons. The first-order valence-corrected chi connectivity index (χ1v) is 12.0. The lowest BCUT2D eigenvalue weighted by atomic mass is 10.1. The molecule has 2 heterocycles. The molecule has 0 spiro atoms. The van der Waals surface area contributed by atoms with Crippen molar-refractivity contribution in [3.8, 4) is 11.5 Å². The summed E-state index contributed by atoms with van der Waals surface area (Å²) in [6, 6.07) is 28.1. The molecule has 1 N–H and O–H groups in total. The summed E-state index contributed by atoms with van der Waals surface area (Å²) in [5, 5.41) is 4.48. The summed E-state index contributed by atoms with van der Waals surface area (Å²) < 4.78 is 6.09. The van der Waals surface area contributed by atoms with Gasteiger partial charge in [0.15, 0.2) is 5.17 Å². The van der Waals surface area contributed by atoms with E-state index in [4.69, 9.17) is 9.73 Å². The highest BCUT2D eigenvalue weighted by molar-refractivity contribution is 8.18. The molecule has 2 atom stereocenters. The number of rotatable bonds is 5. The number of aromatic nitrogens is 1. The number of fused-ring (bicyclic) bond motifs is 1. The summed E-state index contributed by atoms with van der Waals surface area (Å²) in [6.07, 6.45) is 4.65. The Kier molecular flexibility index (Phi) is 5.35. The van der Waals surface area contributed by atoms with Crippen molar-refractivity contribution >= 4 is 39.8 Å². The van der Waals surface area contributed by atoms with Crippen molar-refractivity contribution in [1.29, 1.82) is 0 Å². The standard InChI is InChI=1S/C28H21N3O2S/c32-27-26(34-28(31-27)30-24-17-21(24)19-7-3-1-4-8-19)16-18-11-12-23-22(15-18)25(13-14-29-23)33-20-9-5-2-6-10-20/h1-16,21,24H,17H2,(H,30,31,32)/b26-16-/t21-,24+/m0/s1. The van der Waals surface area contributed by atoms with Crippen LogP contribution in [0.25, 0.3) is 17.0 Å². The zero-order valence-corrected chi connectivity index (χ0v) is 19.0. The minimum Gasteiger partial charge on any atom is -0.457 e. The first-order valence-electron chi connectivity index (χ1n) is 11.2. The number of nitrogens with one attached hydrogen (secondary N) is 1. The number of para-hydroxylation sites is 1. The third kappa shape index (κ3) is 4.32. The fourth-order valence-corrected chi connectivity index (χ4v) is 4.98. The van der Waals surface area contributed by atoms with Gasteiger partial charge in [-0.3, -0.25) is 14.8 Å². The normalized spacial score (nSPS) is 21.7. The second kappa shape index (κ2) is 8.80. The van der Waals surface area contributed by atoms with Crippen LogP contribution in [-0.4, -0.2) is 22.1 Å². The van der Waals surface area contributed by atoms with Gasteiger partial charge in [-0.15, -0.1) is 0 Å². The topological polar surface area (TPSA) is 63.6 Å². The molecule has 2 aliphatic rings. The van der Waals surface area contributed by atoms with E-state index in [9.17, 15) is 4.79 Å². The number of aliphatic imine (C=N–C) groups is 1. The lowest BCUT2D eigenvalue weighted by molar-refractivity contribution is -0.115. The Balaban J connectivity index is 1.23. The molecule has 1 saturated heterocycles. The molecule has 34 heavy (non-hydrogen) atoms. The molecule has 1 saturated carbocycles. The number of pyridine rings is 1. The van der Waals surface area contributed by atoms with Crippen LogP contribution in [0.4, 0.5) is 0 Å². The maximum absolute atomic E-state index is 12.6. The number of amidine groups is 1. The minimum absolute atomic E-state index is 0.118. The number of benzene rings is 3. The van der Waals surface area contributed by atoms with Crippen molar-refractivity contribution in [2.75, 3.05) is 0 Å². The Morgan fingerprint density at radius 1 is 1.00 bits per heavy atom. The van der Waals surface area contributed by atoms with E-state index in [0.29, 0.717) is 16.0 Å². The summed E-state index contributed by atoms with van der Waals surface area (Å²) in [5.41, 5.74) is 3.05. The molecule has 1 aromatic heterocycles. The van der Waals surface area contributed by atoms with Crippen molar-refractivity contribution in [2.45, 2.75) is 18.4 Å². The van der Waals surface area contributed by atoms with Crippen molar-refractivity contribution in [1.82, 2.24) is 10.3 Å². The van der Waals surface area contributed by atoms with Gasteiger partial charge in [0.05, 0.1) is 16.5 Å². The number of carbonyl (C=O) groups is 1. The number of ether oxygens (including phenoxy) is 1. The Bertz CT molecular complexity index is 1430. The first kappa shape index (κ1) is 20.7. The maximum Gasteiger partial charge on any atom is 0.264 e. The summed E-state index contributed by atoms with van der Waals surface area (Å²) in [4.78, 5) is 22.5. The van der Waals surface area contributed by atoms with Crippen LogP contribution in [0.15, 0.2) is 101 Å². The van der Waals surface area contributed by atoms with Gasteiger partial charge in [-0.2, -0.15) is 0 Å². The van der Waals surface area contributed by atoms with Crippen molar-refractivity contribution in [2.24, 2.45) is 4.99 Å². The van der Waals surface area contributed by atoms with Gasteiger partial charge in [0.2, 0.25) is 0 Å². The SMILES string of the molecule is O=C1NC(=N[C@@H]2C[C@H]2c2ccccc2)S/C1=C\c1ccc2nccc(Oc3ccccc3)c2c1. The van der Waals surface area contributed by atoms with Gasteiger partial charge in [-0.1, -0.05) is 54.6 Å². The van der Waals surface area contributed by atoms with Gasteiger partial charge in [0.1, 0.15) is 11.5 Å². The van der Waals surface area contributed by atoms with Gasteiger partial charge in [0, 0.05) is 17.5 Å². The second-order valence-corrected chi connectivity index (χ2v) is 9.35. The number of nitrogens with zero attached hydrogens (tertiary/aromatic N) is 2. The Labute approximate surface area is 201 Å². The molecule has 2 fully saturated rings. The fraction of sp³-hybridized carbons (Fsp3) is 0.107. The maximum atomic E-state index is 12.6. The minimum atomic E-state index is -0.118. The fourth-order valence-electron chi connectivity index (χ4n) is 4.11. The number of thioether (sulfide) groups is 1. The van der Waals surface area contributed by atoms with Crippen molar-refractivity contribution < 1.29 is 9.53 Å².